The molecule has 0 atom stereocenters. The van der Waals surface area contributed by atoms with E-state index in [9.17, 15) is 18.0 Å². The van der Waals surface area contributed by atoms with Crippen LogP contribution < -0.4 is 5.46 Å². The van der Waals surface area contributed by atoms with Crippen molar-refractivity contribution in [2.75, 3.05) is 0 Å². The van der Waals surface area contributed by atoms with E-state index in [0.29, 0.717) is 12.1 Å². The van der Waals surface area contributed by atoms with Crippen molar-refractivity contribution < 1.29 is 33.1 Å². The van der Waals surface area contributed by atoms with E-state index in [1.165, 1.54) is 0 Å². The van der Waals surface area contributed by atoms with Crippen LogP contribution in [0, 0.1) is 0 Å². The SMILES string of the molecule is O=C(O)c1cc(Cl)c(B(O)O)c(C(F)(F)F)c1. The maximum Gasteiger partial charge on any atom is 0.490 e. The normalized spacial score (nSPS) is 11.4. The number of benzene rings is 1. The lowest BCUT2D eigenvalue weighted by molar-refractivity contribution is -0.136. The molecule has 17 heavy (non-hydrogen) atoms. The van der Waals surface area contributed by atoms with Crippen LogP contribution in [-0.4, -0.2) is 28.2 Å². The summed E-state index contributed by atoms with van der Waals surface area (Å²) >= 11 is 5.40. The van der Waals surface area contributed by atoms with Gasteiger partial charge >= 0.3 is 19.3 Å². The Bertz CT molecular complexity index is 461. The van der Waals surface area contributed by atoms with E-state index < -0.39 is 40.9 Å². The number of carbonyl (C=O) groups is 1. The lowest BCUT2D eigenvalue weighted by atomic mass is 9.76. The number of carboxylic acid groups (broad SMARTS) is 1. The quantitative estimate of drug-likeness (QED) is 0.691. The van der Waals surface area contributed by atoms with Crippen LogP contribution in [0.1, 0.15) is 15.9 Å². The first-order chi connectivity index (χ1) is 7.64. The standard InChI is InChI=1S/C8H5BClF3O4/c10-5-2-3(7(14)15)1-4(8(11,12)13)6(5)9(16)17/h1-2,16-17H,(H,14,15). The fourth-order valence-corrected chi connectivity index (χ4v) is 1.56. The molecule has 0 spiro atoms. The number of aromatic carboxylic acids is 1. The van der Waals surface area contributed by atoms with E-state index in [4.69, 9.17) is 26.8 Å². The van der Waals surface area contributed by atoms with Crippen LogP contribution in [0.15, 0.2) is 12.1 Å². The van der Waals surface area contributed by atoms with Crippen molar-refractivity contribution >= 4 is 30.2 Å². The molecule has 0 fully saturated rings. The molecule has 0 saturated carbocycles. The second kappa shape index (κ2) is 4.56. The predicted molar refractivity (Wildman–Crippen MR) is 53.2 cm³/mol. The van der Waals surface area contributed by atoms with E-state index in [2.05, 4.69) is 0 Å². The van der Waals surface area contributed by atoms with Gasteiger partial charge in [-0.25, -0.2) is 4.79 Å². The lowest BCUT2D eigenvalue weighted by Crippen LogP contribution is -2.37. The molecule has 1 rings (SSSR count). The fraction of sp³-hybridized carbons (Fsp3) is 0.125. The molecule has 0 bridgehead atoms. The molecule has 9 heteroatoms. The third-order valence-corrected chi connectivity index (χ3v) is 2.25. The van der Waals surface area contributed by atoms with Gasteiger partial charge in [-0.1, -0.05) is 11.6 Å². The minimum absolute atomic E-state index is 0.295. The van der Waals surface area contributed by atoms with Gasteiger partial charge in [-0.05, 0) is 12.1 Å². The summed E-state index contributed by atoms with van der Waals surface area (Å²) < 4.78 is 37.7. The van der Waals surface area contributed by atoms with Crippen molar-refractivity contribution in [3.8, 4) is 0 Å². The summed E-state index contributed by atoms with van der Waals surface area (Å²) in [7, 11) is -2.44. The molecule has 1 aromatic carbocycles. The molecule has 0 saturated heterocycles. The Hall–Kier alpha value is -1.25. The smallest absolute Gasteiger partial charge is 0.478 e. The van der Waals surface area contributed by atoms with Gasteiger partial charge in [0.25, 0.3) is 0 Å². The molecular formula is C8H5BClF3O4. The van der Waals surface area contributed by atoms with Crippen molar-refractivity contribution in [3.05, 3.63) is 28.3 Å². The topological polar surface area (TPSA) is 77.8 Å². The zero-order chi connectivity index (χ0) is 13.4. The van der Waals surface area contributed by atoms with E-state index in [1.807, 2.05) is 0 Å². The van der Waals surface area contributed by atoms with Gasteiger partial charge in [-0.3, -0.25) is 0 Å². The highest BCUT2D eigenvalue weighted by molar-refractivity contribution is 6.63. The summed E-state index contributed by atoms with van der Waals surface area (Å²) in [5.74, 6) is -1.60. The highest BCUT2D eigenvalue weighted by Crippen LogP contribution is 2.30. The predicted octanol–water partition coefficient (Wildman–Crippen LogP) is 0.737. The van der Waals surface area contributed by atoms with Gasteiger partial charge < -0.3 is 15.2 Å². The molecule has 0 heterocycles. The van der Waals surface area contributed by atoms with Crippen LogP contribution in [0.2, 0.25) is 5.02 Å². The Morgan fingerprint density at radius 2 is 1.82 bits per heavy atom. The van der Waals surface area contributed by atoms with Crippen LogP contribution in [0.25, 0.3) is 0 Å². The monoisotopic (exact) mass is 268 g/mol. The van der Waals surface area contributed by atoms with Crippen molar-refractivity contribution in [2.45, 2.75) is 6.18 Å². The van der Waals surface area contributed by atoms with Crippen LogP contribution >= 0.6 is 11.6 Å². The van der Waals surface area contributed by atoms with Crippen molar-refractivity contribution in [3.63, 3.8) is 0 Å². The summed E-state index contributed by atoms with van der Waals surface area (Å²) in [5, 5.41) is 25.5. The van der Waals surface area contributed by atoms with Gasteiger partial charge in [-0.15, -0.1) is 0 Å². The first-order valence-corrected chi connectivity index (χ1v) is 4.52. The summed E-state index contributed by atoms with van der Waals surface area (Å²) in [6.45, 7) is 0. The molecule has 0 aromatic heterocycles. The number of carboxylic acids is 1. The minimum atomic E-state index is -4.94. The Kier molecular flexibility index (Phi) is 3.70. The summed E-state index contributed by atoms with van der Waals surface area (Å²) in [5.41, 5.74) is -3.15. The van der Waals surface area contributed by atoms with Gasteiger partial charge in [0, 0.05) is 10.5 Å². The minimum Gasteiger partial charge on any atom is -0.478 e. The van der Waals surface area contributed by atoms with Crippen LogP contribution in [0.5, 0.6) is 0 Å². The highest BCUT2D eigenvalue weighted by atomic mass is 35.5. The molecule has 4 nitrogen and oxygen atoms in total. The maximum atomic E-state index is 12.6. The molecule has 0 aliphatic carbocycles. The van der Waals surface area contributed by atoms with Gasteiger partial charge in [-0.2, -0.15) is 13.2 Å². The van der Waals surface area contributed by atoms with Crippen molar-refractivity contribution in [1.82, 2.24) is 0 Å². The molecule has 0 aliphatic rings. The van der Waals surface area contributed by atoms with E-state index in [-0.39, 0.29) is 0 Å². The average molecular weight is 268 g/mol. The second-order valence-electron chi connectivity index (χ2n) is 3.10. The highest BCUT2D eigenvalue weighted by Gasteiger charge is 2.38. The zero-order valence-electron chi connectivity index (χ0n) is 7.99. The molecule has 0 unspecified atom stereocenters. The number of alkyl halides is 3. The average Bonchev–Trinajstić information content (AvgIpc) is 2.14. The molecule has 1 aromatic rings. The van der Waals surface area contributed by atoms with Crippen LogP contribution in [-0.2, 0) is 6.18 Å². The second-order valence-corrected chi connectivity index (χ2v) is 3.50. The molecule has 0 amide bonds. The summed E-state index contributed by atoms with van der Waals surface area (Å²) in [6.07, 6.45) is -4.94. The Morgan fingerprint density at radius 3 is 2.18 bits per heavy atom. The maximum absolute atomic E-state index is 12.6. The first-order valence-electron chi connectivity index (χ1n) is 4.14. The summed E-state index contributed by atoms with van der Waals surface area (Å²) in [4.78, 5) is 10.6. The Morgan fingerprint density at radius 1 is 1.29 bits per heavy atom. The third kappa shape index (κ3) is 2.90. The van der Waals surface area contributed by atoms with Gasteiger partial charge in [0.2, 0.25) is 0 Å². The van der Waals surface area contributed by atoms with E-state index in [1.54, 1.807) is 0 Å². The number of halogens is 4. The first kappa shape index (κ1) is 13.8. The third-order valence-electron chi connectivity index (χ3n) is 1.94. The Labute approximate surface area is 98.4 Å². The molecular weight excluding hydrogens is 263 g/mol. The van der Waals surface area contributed by atoms with E-state index in [0.717, 1.165) is 0 Å². The number of hydrogen-bond acceptors (Lipinski definition) is 3. The van der Waals surface area contributed by atoms with E-state index >= 15 is 0 Å². The van der Waals surface area contributed by atoms with Gasteiger partial charge in [0.15, 0.2) is 0 Å². The van der Waals surface area contributed by atoms with Gasteiger partial charge in [0.05, 0.1) is 11.1 Å². The largest absolute Gasteiger partial charge is 0.490 e. The molecule has 92 valence electrons. The Balaban J connectivity index is 3.57. The van der Waals surface area contributed by atoms with Crippen molar-refractivity contribution in [1.29, 1.82) is 0 Å². The number of hydrogen-bond donors (Lipinski definition) is 3. The zero-order valence-corrected chi connectivity index (χ0v) is 8.75. The molecule has 3 N–H and O–H groups in total. The lowest BCUT2D eigenvalue weighted by Gasteiger charge is -2.14. The summed E-state index contributed by atoms with van der Waals surface area (Å²) in [6, 6.07) is 1.01. The van der Waals surface area contributed by atoms with Crippen molar-refractivity contribution in [2.24, 2.45) is 0 Å². The van der Waals surface area contributed by atoms with Crippen LogP contribution in [0.3, 0.4) is 0 Å². The fourth-order valence-electron chi connectivity index (χ4n) is 1.24. The number of rotatable bonds is 2. The van der Waals surface area contributed by atoms with Crippen LogP contribution in [0.4, 0.5) is 13.2 Å². The molecule has 0 radical (unpaired) electrons. The molecule has 0 aliphatic heterocycles. The van der Waals surface area contributed by atoms with Gasteiger partial charge in [0.1, 0.15) is 0 Å².